The minimum absolute atomic E-state index is 0. The standard InChI is InChI=1S/C13H28N2O2.C2H6.2H2/c1-3-11-17-12-7-8-13(16)15-10-6-5-9-14-4-2;1-2;;/h14H,3-12H2,1-2H3,(H,15,16);1-2H3;2*1H. The second-order valence-electron chi connectivity index (χ2n) is 4.13. The molecule has 0 aliphatic rings. The van der Waals surface area contributed by atoms with Gasteiger partial charge in [-0.05, 0) is 38.8 Å². The van der Waals surface area contributed by atoms with E-state index in [1.165, 1.54) is 0 Å². The predicted octanol–water partition coefficient (Wildman–Crippen LogP) is 3.22. The molecule has 0 saturated heterocycles. The number of amides is 1. The van der Waals surface area contributed by atoms with Crippen molar-refractivity contribution in [2.24, 2.45) is 0 Å². The van der Waals surface area contributed by atoms with Crippen molar-refractivity contribution in [2.45, 2.75) is 59.8 Å². The molecule has 0 atom stereocenters. The summed E-state index contributed by atoms with van der Waals surface area (Å²) in [5.41, 5.74) is 0. The van der Waals surface area contributed by atoms with Crippen LogP contribution in [0.15, 0.2) is 0 Å². The van der Waals surface area contributed by atoms with E-state index in [-0.39, 0.29) is 8.76 Å². The van der Waals surface area contributed by atoms with Crippen LogP contribution < -0.4 is 10.6 Å². The number of carbonyl (C=O) groups excluding carboxylic acids is 1. The van der Waals surface area contributed by atoms with Crippen LogP contribution in [0.4, 0.5) is 0 Å². The van der Waals surface area contributed by atoms with E-state index in [9.17, 15) is 4.79 Å². The van der Waals surface area contributed by atoms with Crippen LogP contribution in [0.1, 0.15) is 62.7 Å². The van der Waals surface area contributed by atoms with E-state index in [4.69, 9.17) is 4.74 Å². The van der Waals surface area contributed by atoms with E-state index >= 15 is 0 Å². The molecule has 1 amide bonds. The third kappa shape index (κ3) is 19.9. The monoisotopic (exact) mass is 278 g/mol. The van der Waals surface area contributed by atoms with Crippen molar-refractivity contribution in [2.75, 3.05) is 32.8 Å². The first-order valence-electron chi connectivity index (χ1n) is 7.86. The van der Waals surface area contributed by atoms with E-state index in [1.54, 1.807) is 0 Å². The lowest BCUT2D eigenvalue weighted by atomic mass is 10.2. The molecule has 0 bridgehead atoms. The number of hydrogen-bond acceptors (Lipinski definition) is 3. The molecule has 0 radical (unpaired) electrons. The van der Waals surface area contributed by atoms with Crippen LogP contribution in [0.25, 0.3) is 0 Å². The summed E-state index contributed by atoms with van der Waals surface area (Å²) in [5, 5.41) is 6.19. The molecule has 0 aromatic rings. The third-order valence-corrected chi connectivity index (χ3v) is 2.39. The van der Waals surface area contributed by atoms with E-state index in [2.05, 4.69) is 24.5 Å². The van der Waals surface area contributed by atoms with Crippen molar-refractivity contribution < 1.29 is 12.4 Å². The van der Waals surface area contributed by atoms with Gasteiger partial charge in [0, 0.05) is 29.0 Å². The fourth-order valence-electron chi connectivity index (χ4n) is 1.45. The topological polar surface area (TPSA) is 50.4 Å². The average molecular weight is 278 g/mol. The average Bonchev–Trinajstić information content (AvgIpc) is 2.44. The molecule has 0 rings (SSSR count). The molecule has 0 aromatic carbocycles. The van der Waals surface area contributed by atoms with E-state index in [0.29, 0.717) is 13.0 Å². The van der Waals surface area contributed by atoms with Gasteiger partial charge in [-0.15, -0.1) is 0 Å². The predicted molar refractivity (Wildman–Crippen MR) is 86.7 cm³/mol. The van der Waals surface area contributed by atoms with E-state index in [0.717, 1.165) is 51.9 Å². The molecular formula is C15H38N2O2. The van der Waals surface area contributed by atoms with Crippen molar-refractivity contribution >= 4 is 5.91 Å². The number of nitrogens with one attached hydrogen (secondary N) is 2. The maximum absolute atomic E-state index is 11.4. The van der Waals surface area contributed by atoms with Crippen molar-refractivity contribution in [3.8, 4) is 0 Å². The first-order valence-corrected chi connectivity index (χ1v) is 7.86. The lowest BCUT2D eigenvalue weighted by molar-refractivity contribution is -0.121. The van der Waals surface area contributed by atoms with Crippen LogP contribution in [0.2, 0.25) is 0 Å². The van der Waals surface area contributed by atoms with Gasteiger partial charge < -0.3 is 15.4 Å². The zero-order valence-corrected chi connectivity index (χ0v) is 13.4. The molecule has 2 N–H and O–H groups in total. The number of unbranched alkanes of at least 4 members (excludes halogenated alkanes) is 1. The minimum Gasteiger partial charge on any atom is -0.381 e. The van der Waals surface area contributed by atoms with Gasteiger partial charge >= 0.3 is 0 Å². The molecule has 0 spiro atoms. The molecule has 4 heteroatoms. The second-order valence-corrected chi connectivity index (χ2v) is 4.13. The SMILES string of the molecule is CC.CCCOCCCC(=O)NCCCCNCC.[HH].[HH]. The number of rotatable bonds is 12. The van der Waals surface area contributed by atoms with Gasteiger partial charge in [-0.1, -0.05) is 27.7 Å². The Morgan fingerprint density at radius 1 is 1.05 bits per heavy atom. The van der Waals surface area contributed by atoms with Gasteiger partial charge in [-0.3, -0.25) is 4.79 Å². The van der Waals surface area contributed by atoms with E-state index < -0.39 is 0 Å². The van der Waals surface area contributed by atoms with Gasteiger partial charge in [0.15, 0.2) is 0 Å². The summed E-state index contributed by atoms with van der Waals surface area (Å²) >= 11 is 0. The largest absolute Gasteiger partial charge is 0.381 e. The molecule has 4 nitrogen and oxygen atoms in total. The Bertz CT molecular complexity index is 185. The maximum atomic E-state index is 11.4. The molecule has 0 heterocycles. The Labute approximate surface area is 122 Å². The van der Waals surface area contributed by atoms with Gasteiger partial charge in [0.25, 0.3) is 0 Å². The van der Waals surface area contributed by atoms with Crippen LogP contribution in [-0.2, 0) is 9.53 Å². The highest BCUT2D eigenvalue weighted by atomic mass is 16.5. The summed E-state index contributed by atoms with van der Waals surface area (Å²) in [6.07, 6.45) is 4.61. The molecule has 0 aliphatic carbocycles. The number of ether oxygens (including phenoxy) is 1. The summed E-state index contributed by atoms with van der Waals surface area (Å²) in [7, 11) is 0. The van der Waals surface area contributed by atoms with Gasteiger partial charge in [0.1, 0.15) is 0 Å². The highest BCUT2D eigenvalue weighted by molar-refractivity contribution is 5.75. The molecule has 19 heavy (non-hydrogen) atoms. The quantitative estimate of drug-likeness (QED) is 0.539. The van der Waals surface area contributed by atoms with Gasteiger partial charge in [0.2, 0.25) is 5.91 Å². The Hall–Kier alpha value is -0.610. The molecule has 0 aromatic heterocycles. The zero-order chi connectivity index (χ0) is 14.8. The van der Waals surface area contributed by atoms with Crippen LogP contribution in [0.3, 0.4) is 0 Å². The summed E-state index contributed by atoms with van der Waals surface area (Å²) in [6.45, 7) is 12.5. The molecule has 0 aliphatic heterocycles. The Morgan fingerprint density at radius 3 is 2.37 bits per heavy atom. The Kier molecular flexibility index (Phi) is 21.5. The van der Waals surface area contributed by atoms with Crippen LogP contribution in [0.5, 0.6) is 0 Å². The molecule has 0 fully saturated rings. The highest BCUT2D eigenvalue weighted by Gasteiger charge is 1.99. The Morgan fingerprint density at radius 2 is 1.74 bits per heavy atom. The van der Waals surface area contributed by atoms with Crippen molar-refractivity contribution in [3.05, 3.63) is 0 Å². The molecule has 0 saturated carbocycles. The van der Waals surface area contributed by atoms with E-state index in [1.807, 2.05) is 13.8 Å². The zero-order valence-electron chi connectivity index (χ0n) is 13.4. The van der Waals surface area contributed by atoms with Crippen molar-refractivity contribution in [1.82, 2.24) is 10.6 Å². The first kappa shape index (κ1) is 20.7. The summed E-state index contributed by atoms with van der Waals surface area (Å²) in [4.78, 5) is 11.4. The second kappa shape index (κ2) is 19.7. The minimum atomic E-state index is 0. The van der Waals surface area contributed by atoms with Gasteiger partial charge in [0.05, 0.1) is 0 Å². The highest BCUT2D eigenvalue weighted by Crippen LogP contribution is 1.92. The fraction of sp³-hybridized carbons (Fsp3) is 0.933. The van der Waals surface area contributed by atoms with Crippen LogP contribution in [0, 0.1) is 0 Å². The summed E-state index contributed by atoms with van der Waals surface area (Å²) in [5.74, 6) is 0.147. The van der Waals surface area contributed by atoms with Crippen molar-refractivity contribution in [3.63, 3.8) is 0 Å². The molecule has 0 unspecified atom stereocenters. The smallest absolute Gasteiger partial charge is 0.220 e. The van der Waals surface area contributed by atoms with Crippen LogP contribution >= 0.6 is 0 Å². The lowest BCUT2D eigenvalue weighted by Gasteiger charge is -2.06. The van der Waals surface area contributed by atoms with Crippen LogP contribution in [-0.4, -0.2) is 38.8 Å². The third-order valence-electron chi connectivity index (χ3n) is 2.39. The lowest BCUT2D eigenvalue weighted by Crippen LogP contribution is -2.25. The molecule has 120 valence electrons. The van der Waals surface area contributed by atoms with Gasteiger partial charge in [-0.25, -0.2) is 0 Å². The summed E-state index contributed by atoms with van der Waals surface area (Å²) < 4.78 is 5.31. The maximum Gasteiger partial charge on any atom is 0.220 e. The fourth-order valence-corrected chi connectivity index (χ4v) is 1.45. The Balaban J connectivity index is -0.000000344. The number of carbonyl (C=O) groups is 1. The van der Waals surface area contributed by atoms with Crippen molar-refractivity contribution in [1.29, 1.82) is 0 Å². The van der Waals surface area contributed by atoms with Gasteiger partial charge in [-0.2, -0.15) is 0 Å². The normalized spacial score (nSPS) is 9.68. The summed E-state index contributed by atoms with van der Waals surface area (Å²) in [6, 6.07) is 0. The number of hydrogen-bond donors (Lipinski definition) is 2. The molecular weight excluding hydrogens is 240 g/mol. The first-order chi connectivity index (χ1) is 9.31.